The van der Waals surface area contributed by atoms with Gasteiger partial charge in [0.2, 0.25) is 0 Å². The van der Waals surface area contributed by atoms with E-state index in [2.05, 4.69) is 10.3 Å². The van der Waals surface area contributed by atoms with Crippen molar-refractivity contribution in [2.45, 2.75) is 12.8 Å². The lowest BCUT2D eigenvalue weighted by Crippen LogP contribution is -2.57. The molecule has 82 valence electrons. The van der Waals surface area contributed by atoms with Gasteiger partial charge in [-0.3, -0.25) is 4.90 Å². The number of carbonyl (C=O) groups is 1. The molecular weight excluding hydrogens is 196 g/mol. The number of nitrogens with one attached hydrogen (secondary N) is 1. The molecule has 0 aromatic carbocycles. The first kappa shape index (κ1) is 9.97. The number of nitrogens with zero attached hydrogens (tertiary/aromatic N) is 3. The molecule has 0 saturated carbocycles. The second kappa shape index (κ2) is 3.23. The molecule has 2 aliphatic rings. The summed E-state index contributed by atoms with van der Waals surface area (Å²) in [5, 5.41) is 2.97. The standard InChI is InChI=1S/C9H14N4O2/c1-4-15-9-7(10-6-11-9)5-12(2)8(14)13(9)3/h5-6H,4H2,1-3H3,(H,10,11). The van der Waals surface area contributed by atoms with Crippen LogP contribution in [-0.4, -0.2) is 48.7 Å². The van der Waals surface area contributed by atoms with Crippen LogP contribution in [0.3, 0.4) is 0 Å². The number of hydrogen-bond donors (Lipinski definition) is 1. The van der Waals surface area contributed by atoms with Crippen LogP contribution < -0.4 is 5.32 Å². The van der Waals surface area contributed by atoms with Gasteiger partial charge in [-0.15, -0.1) is 0 Å². The largest absolute Gasteiger partial charge is 0.343 e. The zero-order valence-corrected chi connectivity index (χ0v) is 9.02. The lowest BCUT2D eigenvalue weighted by molar-refractivity contribution is -0.0950. The second-order valence-electron chi connectivity index (χ2n) is 3.44. The molecular formula is C9H14N4O2. The minimum absolute atomic E-state index is 0.145. The molecule has 0 aromatic rings. The van der Waals surface area contributed by atoms with Gasteiger partial charge < -0.3 is 15.0 Å². The average molecular weight is 210 g/mol. The third-order valence-corrected chi connectivity index (χ3v) is 2.52. The van der Waals surface area contributed by atoms with Crippen LogP contribution >= 0.6 is 0 Å². The van der Waals surface area contributed by atoms with E-state index in [0.717, 1.165) is 5.70 Å². The van der Waals surface area contributed by atoms with Crippen molar-refractivity contribution in [1.82, 2.24) is 15.1 Å². The van der Waals surface area contributed by atoms with E-state index in [4.69, 9.17) is 4.74 Å². The molecule has 1 N–H and O–H groups in total. The molecule has 0 aromatic heterocycles. The molecule has 2 heterocycles. The Hall–Kier alpha value is -1.56. The molecule has 0 aliphatic carbocycles. The van der Waals surface area contributed by atoms with Gasteiger partial charge in [0.25, 0.3) is 5.85 Å². The Kier molecular flexibility index (Phi) is 2.15. The van der Waals surface area contributed by atoms with E-state index >= 15 is 0 Å². The summed E-state index contributed by atoms with van der Waals surface area (Å²) >= 11 is 0. The monoisotopic (exact) mass is 210 g/mol. The SMILES string of the molecule is CCOC12N=CNC1=CN(C)C(=O)N2C. The lowest BCUT2D eigenvalue weighted by atomic mass is 10.2. The highest BCUT2D eigenvalue weighted by Gasteiger charge is 2.48. The Balaban J connectivity index is 2.44. The van der Waals surface area contributed by atoms with Gasteiger partial charge in [-0.25, -0.2) is 9.79 Å². The molecule has 15 heavy (non-hydrogen) atoms. The highest BCUT2D eigenvalue weighted by molar-refractivity contribution is 5.80. The summed E-state index contributed by atoms with van der Waals surface area (Å²) in [6.07, 6.45) is 3.25. The van der Waals surface area contributed by atoms with Crippen molar-refractivity contribution in [1.29, 1.82) is 0 Å². The van der Waals surface area contributed by atoms with E-state index in [1.54, 1.807) is 26.6 Å². The highest BCUT2D eigenvalue weighted by Crippen LogP contribution is 2.32. The molecule has 0 fully saturated rings. The maximum atomic E-state index is 11.8. The molecule has 1 atom stereocenters. The van der Waals surface area contributed by atoms with Crippen molar-refractivity contribution < 1.29 is 9.53 Å². The van der Waals surface area contributed by atoms with Gasteiger partial charge in [-0.2, -0.15) is 0 Å². The van der Waals surface area contributed by atoms with Crippen molar-refractivity contribution in [3.8, 4) is 0 Å². The predicted octanol–water partition coefficient (Wildman–Crippen LogP) is 0.147. The van der Waals surface area contributed by atoms with Gasteiger partial charge in [0.15, 0.2) is 0 Å². The Labute approximate surface area is 88.2 Å². The van der Waals surface area contributed by atoms with Crippen molar-refractivity contribution >= 4 is 12.4 Å². The van der Waals surface area contributed by atoms with E-state index in [9.17, 15) is 4.79 Å². The van der Waals surface area contributed by atoms with Gasteiger partial charge in [0.1, 0.15) is 5.70 Å². The fourth-order valence-corrected chi connectivity index (χ4v) is 1.77. The van der Waals surface area contributed by atoms with Crippen LogP contribution in [0.2, 0.25) is 0 Å². The molecule has 2 aliphatic heterocycles. The lowest BCUT2D eigenvalue weighted by Gasteiger charge is -2.40. The van der Waals surface area contributed by atoms with Crippen LogP contribution in [0.25, 0.3) is 0 Å². The summed E-state index contributed by atoms with van der Waals surface area (Å²) in [5.74, 6) is -0.988. The summed E-state index contributed by atoms with van der Waals surface area (Å²) in [6, 6.07) is -0.145. The van der Waals surface area contributed by atoms with Gasteiger partial charge in [0, 0.05) is 26.9 Å². The molecule has 1 unspecified atom stereocenters. The van der Waals surface area contributed by atoms with Crippen molar-refractivity contribution in [2.24, 2.45) is 4.99 Å². The number of urea groups is 1. The van der Waals surface area contributed by atoms with Crippen LogP contribution in [0, 0.1) is 0 Å². The van der Waals surface area contributed by atoms with Crippen LogP contribution in [0.15, 0.2) is 16.9 Å². The maximum Gasteiger partial charge on any atom is 0.327 e. The number of likely N-dealkylation sites (N-methyl/N-ethyl adjacent to an activating group) is 1. The van der Waals surface area contributed by atoms with Crippen LogP contribution in [0.4, 0.5) is 4.79 Å². The minimum Gasteiger partial charge on any atom is -0.343 e. The van der Waals surface area contributed by atoms with Gasteiger partial charge in [-0.05, 0) is 6.92 Å². The van der Waals surface area contributed by atoms with Crippen LogP contribution in [0.5, 0.6) is 0 Å². The van der Waals surface area contributed by atoms with E-state index in [1.165, 1.54) is 9.80 Å². The van der Waals surface area contributed by atoms with E-state index in [1.807, 2.05) is 6.92 Å². The molecule has 0 spiro atoms. The van der Waals surface area contributed by atoms with Crippen molar-refractivity contribution in [3.63, 3.8) is 0 Å². The summed E-state index contributed by atoms with van der Waals surface area (Å²) in [6.45, 7) is 2.36. The topological polar surface area (TPSA) is 57.2 Å². The van der Waals surface area contributed by atoms with Gasteiger partial charge >= 0.3 is 6.03 Å². The summed E-state index contributed by atoms with van der Waals surface area (Å²) in [7, 11) is 3.37. The molecule has 2 amide bonds. The Morgan fingerprint density at radius 2 is 2.33 bits per heavy atom. The van der Waals surface area contributed by atoms with Gasteiger partial charge in [-0.1, -0.05) is 0 Å². The van der Waals surface area contributed by atoms with E-state index in [-0.39, 0.29) is 6.03 Å². The Morgan fingerprint density at radius 1 is 1.60 bits per heavy atom. The number of rotatable bonds is 2. The third kappa shape index (κ3) is 1.21. The average Bonchev–Trinajstić information content (AvgIpc) is 2.60. The molecule has 6 nitrogen and oxygen atoms in total. The van der Waals surface area contributed by atoms with Crippen molar-refractivity contribution in [2.75, 3.05) is 20.7 Å². The number of hydrogen-bond acceptors (Lipinski definition) is 4. The third-order valence-electron chi connectivity index (χ3n) is 2.52. The smallest absolute Gasteiger partial charge is 0.327 e. The first-order chi connectivity index (χ1) is 7.12. The second-order valence-corrected chi connectivity index (χ2v) is 3.44. The molecule has 0 saturated heterocycles. The quantitative estimate of drug-likeness (QED) is 0.705. The summed E-state index contributed by atoms with van der Waals surface area (Å²) in [5.41, 5.74) is 0.758. The molecule has 6 heteroatoms. The number of amides is 2. The zero-order chi connectivity index (χ0) is 11.1. The summed E-state index contributed by atoms with van der Waals surface area (Å²) in [4.78, 5) is 18.9. The fraction of sp³-hybridized carbons (Fsp3) is 0.556. The summed E-state index contributed by atoms with van der Waals surface area (Å²) < 4.78 is 5.58. The molecule has 0 radical (unpaired) electrons. The zero-order valence-electron chi connectivity index (χ0n) is 9.02. The number of carbonyl (C=O) groups excluding carboxylic acids is 1. The first-order valence-electron chi connectivity index (χ1n) is 4.79. The highest BCUT2D eigenvalue weighted by atomic mass is 16.5. The van der Waals surface area contributed by atoms with Crippen molar-refractivity contribution in [3.05, 3.63) is 11.9 Å². The van der Waals surface area contributed by atoms with Gasteiger partial charge in [0.05, 0.1) is 6.34 Å². The number of aliphatic imine (C=N–C) groups is 1. The Bertz CT molecular complexity index is 352. The van der Waals surface area contributed by atoms with E-state index in [0.29, 0.717) is 6.61 Å². The molecule has 0 bridgehead atoms. The van der Waals surface area contributed by atoms with Crippen LogP contribution in [0.1, 0.15) is 6.92 Å². The fourth-order valence-electron chi connectivity index (χ4n) is 1.77. The minimum atomic E-state index is -0.988. The predicted molar refractivity (Wildman–Crippen MR) is 55.0 cm³/mol. The number of ether oxygens (including phenoxy) is 1. The normalized spacial score (nSPS) is 29.0. The first-order valence-corrected chi connectivity index (χ1v) is 4.79. The number of fused-ring (bicyclic) bond motifs is 1. The maximum absolute atomic E-state index is 11.8. The Morgan fingerprint density at radius 3 is 3.00 bits per heavy atom. The molecule has 2 rings (SSSR count). The van der Waals surface area contributed by atoms with Crippen LogP contribution in [-0.2, 0) is 4.74 Å². The van der Waals surface area contributed by atoms with E-state index < -0.39 is 5.85 Å².